The number of nitrogens with one attached hydrogen (secondary N) is 1. The number of hydrogen-bond donors (Lipinski definition) is 1. The second-order valence-corrected chi connectivity index (χ2v) is 9.41. The van der Waals surface area contributed by atoms with Crippen LogP contribution in [0.1, 0.15) is 28.4 Å². The first-order valence-corrected chi connectivity index (χ1v) is 11.7. The molecule has 2 saturated heterocycles. The molecule has 8 nitrogen and oxygen atoms in total. The summed E-state index contributed by atoms with van der Waals surface area (Å²) in [6, 6.07) is 5.58. The van der Waals surface area contributed by atoms with Crippen LogP contribution >= 0.6 is 11.8 Å². The molecule has 2 fully saturated rings. The van der Waals surface area contributed by atoms with Crippen molar-refractivity contribution in [3.05, 3.63) is 46.0 Å². The number of rotatable bonds is 3. The molecular weight excluding hydrogens is 400 g/mol. The Morgan fingerprint density at radius 2 is 2.00 bits per heavy atom. The molecule has 30 heavy (non-hydrogen) atoms. The number of carbonyl (C=O) groups excluding carboxylic acids is 1. The standard InChI is InChI=1S/C21H26N6O2S/c1-22-18-4-5-23-21(24-18)26-11-14-10-15(13-26)17-3-2-16(20(29)27(17)12-14)19(28)25-6-8-30-9-7-25/h2-5,14-15H,6-13H2,1H3,(H,22,23,24)/t14-,15+/m0/s1. The highest BCUT2D eigenvalue weighted by Gasteiger charge is 2.36. The van der Waals surface area contributed by atoms with Crippen LogP contribution in [0.3, 0.4) is 0 Å². The van der Waals surface area contributed by atoms with E-state index < -0.39 is 0 Å². The summed E-state index contributed by atoms with van der Waals surface area (Å²) < 4.78 is 1.85. The van der Waals surface area contributed by atoms with Gasteiger partial charge in [0.1, 0.15) is 11.4 Å². The normalized spacial score (nSPS) is 23.1. The molecule has 2 aromatic rings. The molecule has 2 atom stereocenters. The molecule has 158 valence electrons. The molecule has 9 heteroatoms. The highest BCUT2D eigenvalue weighted by atomic mass is 32.2. The Labute approximate surface area is 179 Å². The van der Waals surface area contributed by atoms with Crippen molar-refractivity contribution in [1.29, 1.82) is 0 Å². The van der Waals surface area contributed by atoms with Gasteiger partial charge in [-0.2, -0.15) is 16.7 Å². The van der Waals surface area contributed by atoms with E-state index in [9.17, 15) is 9.59 Å². The maximum absolute atomic E-state index is 13.2. The van der Waals surface area contributed by atoms with Crippen LogP contribution in [0.15, 0.2) is 29.2 Å². The molecule has 0 saturated carbocycles. The van der Waals surface area contributed by atoms with Gasteiger partial charge in [0.2, 0.25) is 5.95 Å². The number of fused-ring (bicyclic) bond motifs is 4. The Balaban J connectivity index is 1.42. The van der Waals surface area contributed by atoms with Crippen molar-refractivity contribution in [1.82, 2.24) is 19.4 Å². The summed E-state index contributed by atoms with van der Waals surface area (Å²) in [7, 11) is 1.85. The van der Waals surface area contributed by atoms with Crippen molar-refractivity contribution in [3.63, 3.8) is 0 Å². The predicted octanol–water partition coefficient (Wildman–Crippen LogP) is 1.49. The van der Waals surface area contributed by atoms with E-state index in [0.717, 1.165) is 61.6 Å². The van der Waals surface area contributed by atoms with E-state index in [1.54, 1.807) is 12.3 Å². The van der Waals surface area contributed by atoms with Gasteiger partial charge in [-0.1, -0.05) is 0 Å². The lowest BCUT2D eigenvalue weighted by molar-refractivity contribution is 0.0769. The van der Waals surface area contributed by atoms with E-state index in [1.807, 2.05) is 40.4 Å². The maximum Gasteiger partial charge on any atom is 0.263 e. The Hall–Kier alpha value is -2.55. The number of nitrogens with zero attached hydrogens (tertiary/aromatic N) is 5. The lowest BCUT2D eigenvalue weighted by Gasteiger charge is -2.43. The average molecular weight is 427 g/mol. The number of piperidine rings is 1. The molecule has 5 heterocycles. The van der Waals surface area contributed by atoms with Gasteiger partial charge < -0.3 is 19.7 Å². The summed E-state index contributed by atoms with van der Waals surface area (Å²) in [6.45, 7) is 3.67. The van der Waals surface area contributed by atoms with Crippen LogP contribution in [-0.2, 0) is 6.54 Å². The molecule has 1 amide bonds. The monoisotopic (exact) mass is 426 g/mol. The summed E-state index contributed by atoms with van der Waals surface area (Å²) >= 11 is 1.85. The molecule has 3 aliphatic heterocycles. The molecule has 2 bridgehead atoms. The van der Waals surface area contributed by atoms with Crippen molar-refractivity contribution in [3.8, 4) is 0 Å². The van der Waals surface area contributed by atoms with Crippen molar-refractivity contribution in [2.24, 2.45) is 5.92 Å². The van der Waals surface area contributed by atoms with Gasteiger partial charge in [0.25, 0.3) is 11.5 Å². The van der Waals surface area contributed by atoms with Crippen LogP contribution in [0.4, 0.5) is 11.8 Å². The Morgan fingerprint density at radius 3 is 2.80 bits per heavy atom. The van der Waals surface area contributed by atoms with E-state index in [0.29, 0.717) is 18.0 Å². The minimum Gasteiger partial charge on any atom is -0.373 e. The van der Waals surface area contributed by atoms with Gasteiger partial charge in [-0.25, -0.2) is 4.98 Å². The molecule has 1 N–H and O–H groups in total. The number of carbonyl (C=O) groups is 1. The Morgan fingerprint density at radius 1 is 1.17 bits per heavy atom. The molecule has 5 rings (SSSR count). The van der Waals surface area contributed by atoms with Gasteiger partial charge >= 0.3 is 0 Å². The number of anilines is 2. The van der Waals surface area contributed by atoms with Crippen LogP contribution in [0.2, 0.25) is 0 Å². The zero-order valence-corrected chi connectivity index (χ0v) is 17.9. The third kappa shape index (κ3) is 3.45. The first-order valence-electron chi connectivity index (χ1n) is 10.5. The molecule has 0 aliphatic carbocycles. The zero-order chi connectivity index (χ0) is 20.7. The van der Waals surface area contributed by atoms with Crippen LogP contribution in [-0.4, -0.2) is 70.1 Å². The first-order chi connectivity index (χ1) is 14.6. The van der Waals surface area contributed by atoms with E-state index in [4.69, 9.17) is 0 Å². The van der Waals surface area contributed by atoms with Gasteiger partial charge in [-0.15, -0.1) is 0 Å². The van der Waals surface area contributed by atoms with Crippen molar-refractivity contribution < 1.29 is 4.79 Å². The summed E-state index contributed by atoms with van der Waals surface area (Å²) in [6.07, 6.45) is 2.83. The summed E-state index contributed by atoms with van der Waals surface area (Å²) in [5, 5.41) is 3.06. The highest BCUT2D eigenvalue weighted by Crippen LogP contribution is 2.36. The summed E-state index contributed by atoms with van der Waals surface area (Å²) in [5.74, 6) is 3.86. The number of aromatic nitrogens is 3. The van der Waals surface area contributed by atoms with Gasteiger partial charge in [0.15, 0.2) is 0 Å². The second-order valence-electron chi connectivity index (χ2n) is 8.19. The van der Waals surface area contributed by atoms with Gasteiger partial charge in [0.05, 0.1) is 0 Å². The largest absolute Gasteiger partial charge is 0.373 e. The molecule has 2 aromatic heterocycles. The van der Waals surface area contributed by atoms with Crippen molar-refractivity contribution in [2.45, 2.75) is 18.9 Å². The Kier molecular flexibility index (Phi) is 5.14. The fourth-order valence-electron chi connectivity index (χ4n) is 4.85. The number of thioether (sulfide) groups is 1. The van der Waals surface area contributed by atoms with E-state index in [2.05, 4.69) is 20.2 Å². The highest BCUT2D eigenvalue weighted by molar-refractivity contribution is 7.99. The van der Waals surface area contributed by atoms with Gasteiger partial charge in [-0.3, -0.25) is 9.59 Å². The number of hydrogen-bond acceptors (Lipinski definition) is 7. The predicted molar refractivity (Wildman–Crippen MR) is 119 cm³/mol. The van der Waals surface area contributed by atoms with Crippen LogP contribution in [0.5, 0.6) is 0 Å². The fraction of sp³-hybridized carbons (Fsp3) is 0.524. The summed E-state index contributed by atoms with van der Waals surface area (Å²) in [4.78, 5) is 39.2. The zero-order valence-electron chi connectivity index (χ0n) is 17.1. The topological polar surface area (TPSA) is 83.4 Å². The van der Waals surface area contributed by atoms with Crippen LogP contribution in [0, 0.1) is 5.92 Å². The van der Waals surface area contributed by atoms with Crippen molar-refractivity contribution >= 4 is 29.4 Å². The summed E-state index contributed by atoms with van der Waals surface area (Å²) in [5.41, 5.74) is 1.20. The Bertz CT molecular complexity index is 1020. The molecule has 0 spiro atoms. The van der Waals surface area contributed by atoms with E-state index in [1.165, 1.54) is 0 Å². The minimum absolute atomic E-state index is 0.120. The fourth-order valence-corrected chi connectivity index (χ4v) is 5.75. The molecular formula is C21H26N6O2S. The van der Waals surface area contributed by atoms with Gasteiger partial charge in [-0.05, 0) is 30.5 Å². The van der Waals surface area contributed by atoms with Crippen molar-refractivity contribution in [2.75, 3.05) is 54.9 Å². The average Bonchev–Trinajstić information content (AvgIpc) is 2.80. The van der Waals surface area contributed by atoms with Crippen LogP contribution in [0.25, 0.3) is 0 Å². The van der Waals surface area contributed by atoms with E-state index >= 15 is 0 Å². The third-order valence-electron chi connectivity index (χ3n) is 6.31. The third-order valence-corrected chi connectivity index (χ3v) is 7.26. The maximum atomic E-state index is 13.2. The van der Waals surface area contributed by atoms with Gasteiger partial charge in [0, 0.05) is 69.1 Å². The number of pyridine rings is 1. The first kappa shape index (κ1) is 19.4. The van der Waals surface area contributed by atoms with E-state index in [-0.39, 0.29) is 17.4 Å². The number of amides is 1. The SMILES string of the molecule is CNc1ccnc(N2C[C@@H]3C[C@H](C2)c2ccc(C(=O)N4CCSCC4)c(=O)n2C3)n1. The minimum atomic E-state index is -0.132. The smallest absolute Gasteiger partial charge is 0.263 e. The molecule has 0 unspecified atom stereocenters. The quantitative estimate of drug-likeness (QED) is 0.796. The lowest BCUT2D eigenvalue weighted by atomic mass is 9.83. The molecule has 0 aromatic carbocycles. The van der Waals surface area contributed by atoms with Crippen LogP contribution < -0.4 is 15.8 Å². The lowest BCUT2D eigenvalue weighted by Crippen LogP contribution is -2.49. The molecule has 3 aliphatic rings. The second kappa shape index (κ2) is 7.94. The molecule has 0 radical (unpaired) electrons.